The summed E-state index contributed by atoms with van der Waals surface area (Å²) in [5, 5.41) is 8.12. The molecule has 0 aliphatic carbocycles. The summed E-state index contributed by atoms with van der Waals surface area (Å²) in [6.07, 6.45) is 12.2. The number of carbonyl (C=O) groups is 2. The zero-order valence-corrected chi connectivity index (χ0v) is 35.7. The van der Waals surface area contributed by atoms with Gasteiger partial charge in [0.15, 0.2) is 0 Å². The molecule has 0 amide bonds. The van der Waals surface area contributed by atoms with E-state index < -0.39 is 0 Å². The van der Waals surface area contributed by atoms with Gasteiger partial charge in [-0.1, -0.05) is 66.0 Å². The Bertz CT molecular complexity index is 1860. The average Bonchev–Trinajstić information content (AvgIpc) is 3.70. The molecule has 13 heteroatoms. The van der Waals surface area contributed by atoms with E-state index in [2.05, 4.69) is 46.0 Å². The zero-order valence-electron chi connectivity index (χ0n) is 33.4. The van der Waals surface area contributed by atoms with Gasteiger partial charge in [0.1, 0.15) is 24.1 Å². The van der Waals surface area contributed by atoms with Crippen LogP contribution in [0, 0.1) is 6.92 Å². The van der Waals surface area contributed by atoms with E-state index >= 15 is 0 Å². The number of hydrogen-bond acceptors (Lipinski definition) is 10. The van der Waals surface area contributed by atoms with Gasteiger partial charge in [0, 0.05) is 43.1 Å². The number of rotatable bonds is 15. The third kappa shape index (κ3) is 14.2. The Morgan fingerprint density at radius 1 is 0.912 bits per heavy atom. The van der Waals surface area contributed by atoms with Gasteiger partial charge < -0.3 is 24.1 Å². The molecular formula is C44H55Cl2N3O7S. The molecule has 0 radical (unpaired) electrons. The molecule has 1 N–H and O–H groups in total. The van der Waals surface area contributed by atoms with Crippen molar-refractivity contribution in [2.45, 2.75) is 76.1 Å². The molecule has 0 saturated carbocycles. The van der Waals surface area contributed by atoms with Crippen LogP contribution in [0.25, 0.3) is 11.1 Å². The monoisotopic (exact) mass is 839 g/mol. The lowest BCUT2D eigenvalue weighted by Gasteiger charge is -2.26. The molecule has 2 saturated heterocycles. The van der Waals surface area contributed by atoms with Crippen LogP contribution in [0.2, 0.25) is 10.0 Å². The number of likely N-dealkylation sites (tertiary alicyclic amines) is 2. The van der Waals surface area contributed by atoms with E-state index in [1.807, 2.05) is 55.0 Å². The highest BCUT2D eigenvalue weighted by molar-refractivity contribution is 7.98. The summed E-state index contributed by atoms with van der Waals surface area (Å²) in [5.74, 6) is 1.19. The number of nitrogens with zero attached hydrogens (tertiary/aromatic N) is 3. The molecule has 4 aromatic rings. The fourth-order valence-corrected chi connectivity index (χ4v) is 8.00. The lowest BCUT2D eigenvalue weighted by molar-refractivity contribution is -0.145. The molecule has 0 bridgehead atoms. The molecule has 6 rings (SSSR count). The van der Waals surface area contributed by atoms with E-state index in [0.29, 0.717) is 41.4 Å². The number of halogens is 2. The normalized spacial score (nSPS) is 15.4. The van der Waals surface area contributed by atoms with E-state index in [1.54, 1.807) is 18.9 Å². The first-order chi connectivity index (χ1) is 27.7. The first-order valence-corrected chi connectivity index (χ1v) is 21.2. The number of methoxy groups -OCH3 is 2. The molecule has 1 atom stereocenters. The molecule has 2 aliphatic heterocycles. The highest BCUT2D eigenvalue weighted by Crippen LogP contribution is 2.38. The molecule has 3 heterocycles. The first-order valence-electron chi connectivity index (χ1n) is 19.2. The maximum Gasteiger partial charge on any atom is 0.323 e. The van der Waals surface area contributed by atoms with Crippen molar-refractivity contribution in [2.75, 3.05) is 53.3 Å². The smallest absolute Gasteiger partial charge is 0.323 e. The van der Waals surface area contributed by atoms with Crippen molar-refractivity contribution in [3.05, 3.63) is 105 Å². The number of hydrogen-bond donors (Lipinski definition) is 1. The van der Waals surface area contributed by atoms with Gasteiger partial charge in [-0.25, -0.2) is 0 Å². The maximum atomic E-state index is 12.0. The maximum absolute atomic E-state index is 12.0. The van der Waals surface area contributed by atoms with Crippen LogP contribution in [-0.2, 0) is 38.8 Å². The molecule has 1 unspecified atom stereocenters. The van der Waals surface area contributed by atoms with Crippen molar-refractivity contribution < 1.29 is 33.6 Å². The minimum absolute atomic E-state index is 0.143. The van der Waals surface area contributed by atoms with E-state index in [0.717, 1.165) is 79.8 Å². The van der Waals surface area contributed by atoms with Crippen molar-refractivity contribution >= 4 is 47.4 Å². The summed E-state index contributed by atoms with van der Waals surface area (Å²) in [7, 11) is 3.14. The minimum Gasteiger partial charge on any atom is -0.492 e. The van der Waals surface area contributed by atoms with Gasteiger partial charge in [-0.3, -0.25) is 24.4 Å². The predicted octanol–water partition coefficient (Wildman–Crippen LogP) is 9.59. The van der Waals surface area contributed by atoms with Crippen molar-refractivity contribution in [3.63, 3.8) is 0 Å². The number of aromatic nitrogens is 1. The number of thioether (sulfide) groups is 1. The highest BCUT2D eigenvalue weighted by Gasteiger charge is 2.30. The van der Waals surface area contributed by atoms with E-state index in [1.165, 1.54) is 36.8 Å². The number of esters is 1. The summed E-state index contributed by atoms with van der Waals surface area (Å²) in [6.45, 7) is 8.33. The predicted molar refractivity (Wildman–Crippen MR) is 229 cm³/mol. The summed E-state index contributed by atoms with van der Waals surface area (Å²) >= 11 is 15.2. The van der Waals surface area contributed by atoms with Gasteiger partial charge in [-0.05, 0) is 117 Å². The summed E-state index contributed by atoms with van der Waals surface area (Å²) in [6, 6.07) is 20.1. The van der Waals surface area contributed by atoms with Gasteiger partial charge in [-0.15, -0.1) is 11.8 Å². The Morgan fingerprint density at radius 2 is 1.67 bits per heavy atom. The second-order valence-electron chi connectivity index (χ2n) is 13.8. The molecule has 3 aromatic carbocycles. The molecule has 308 valence electrons. The van der Waals surface area contributed by atoms with Crippen LogP contribution in [0.1, 0.15) is 60.8 Å². The molecule has 2 aliphatic rings. The average molecular weight is 841 g/mol. The van der Waals surface area contributed by atoms with Crippen molar-refractivity contribution in [3.8, 4) is 22.6 Å². The van der Waals surface area contributed by atoms with Crippen LogP contribution < -0.4 is 9.47 Å². The Hall–Kier alpha value is -3.84. The Labute approximate surface area is 351 Å². The summed E-state index contributed by atoms with van der Waals surface area (Å²) < 4.78 is 22.2. The molecule has 0 spiro atoms. The number of piperidine rings is 1. The number of benzene rings is 3. The lowest BCUT2D eigenvalue weighted by Crippen LogP contribution is -2.37. The Balaban J connectivity index is 0.000000436. The number of carbonyl (C=O) groups excluding carboxylic acids is 1. The summed E-state index contributed by atoms with van der Waals surface area (Å²) in [5.41, 5.74) is 6.47. The second-order valence-corrected chi connectivity index (χ2v) is 15.5. The largest absolute Gasteiger partial charge is 0.492 e. The van der Waals surface area contributed by atoms with Gasteiger partial charge >= 0.3 is 5.97 Å². The number of carboxylic acid groups (broad SMARTS) is 1. The van der Waals surface area contributed by atoms with Crippen LogP contribution in [-0.4, -0.2) is 91.6 Å². The second kappa shape index (κ2) is 24.8. The fraction of sp³-hybridized carbons (Fsp3) is 0.432. The van der Waals surface area contributed by atoms with Gasteiger partial charge in [0.2, 0.25) is 0 Å². The molecule has 10 nitrogen and oxygen atoms in total. The van der Waals surface area contributed by atoms with Crippen LogP contribution in [0.5, 0.6) is 11.5 Å². The SMILES string of the molecule is COC(=O)C1CCCN1CCCOc1cccc(-c2cccc(COc3ccc(CN4CCCCC4)cc3Cl)c2C)c1Cl.COCc1cncc(SC)c1.O=CO. The van der Waals surface area contributed by atoms with Crippen molar-refractivity contribution in [1.82, 2.24) is 14.8 Å². The third-order valence-electron chi connectivity index (χ3n) is 9.93. The molecular weight excluding hydrogens is 785 g/mol. The zero-order chi connectivity index (χ0) is 41.0. The van der Waals surface area contributed by atoms with Crippen LogP contribution in [0.15, 0.2) is 78.0 Å². The van der Waals surface area contributed by atoms with Crippen molar-refractivity contribution in [2.24, 2.45) is 0 Å². The van der Waals surface area contributed by atoms with E-state index in [9.17, 15) is 4.79 Å². The third-order valence-corrected chi connectivity index (χ3v) is 11.3. The Morgan fingerprint density at radius 3 is 2.39 bits per heavy atom. The molecule has 57 heavy (non-hydrogen) atoms. The number of pyridine rings is 1. The van der Waals surface area contributed by atoms with Crippen LogP contribution in [0.3, 0.4) is 0 Å². The fourth-order valence-electron chi connectivity index (χ4n) is 7.02. The van der Waals surface area contributed by atoms with Gasteiger partial charge in [-0.2, -0.15) is 0 Å². The van der Waals surface area contributed by atoms with E-state index in [4.69, 9.17) is 52.1 Å². The summed E-state index contributed by atoms with van der Waals surface area (Å²) in [4.78, 5) is 30.3. The van der Waals surface area contributed by atoms with Crippen LogP contribution in [0.4, 0.5) is 0 Å². The highest BCUT2D eigenvalue weighted by atomic mass is 35.5. The molecule has 2 fully saturated rings. The first kappa shape index (κ1) is 45.9. The number of ether oxygens (including phenoxy) is 4. The van der Waals surface area contributed by atoms with Gasteiger partial charge in [0.05, 0.1) is 30.4 Å². The quantitative estimate of drug-likeness (QED) is 0.0535. The Kier molecular flexibility index (Phi) is 20.0. The standard InChI is InChI=1S/C35H42Cl2N2O4.C8H11NOS.CH2O2/c1-25-27(24-43-32-16-15-26(22-30(32)36)23-38-17-4-3-5-18-38)10-6-11-28(25)29-12-7-14-33(34(29)37)42-21-9-20-39-19-8-13-31(39)35(40)41-2;1-10-6-7-3-8(11-2)5-9-4-7;2-1-3/h6-7,10-12,14-16,22,31H,3-5,8-9,13,17-21,23-24H2,1-2H3;3-5H,6H2,1-2H3;1H,(H,2,3). The topological polar surface area (TPSA) is 111 Å². The minimum atomic E-state index is -0.250. The molecule has 1 aromatic heterocycles. The van der Waals surface area contributed by atoms with Crippen LogP contribution >= 0.6 is 35.0 Å². The lowest BCUT2D eigenvalue weighted by atomic mass is 9.96. The van der Waals surface area contributed by atoms with Gasteiger partial charge in [0.25, 0.3) is 6.47 Å². The van der Waals surface area contributed by atoms with Crippen molar-refractivity contribution in [1.29, 1.82) is 0 Å². The van der Waals surface area contributed by atoms with E-state index in [-0.39, 0.29) is 18.5 Å².